The molecule has 0 saturated carbocycles. The van der Waals surface area contributed by atoms with Crippen LogP contribution in [-0.2, 0) is 11.2 Å². The van der Waals surface area contributed by atoms with E-state index in [-0.39, 0.29) is 5.60 Å². The van der Waals surface area contributed by atoms with E-state index in [4.69, 9.17) is 4.74 Å². The predicted molar refractivity (Wildman–Crippen MR) is 61.9 cm³/mol. The Morgan fingerprint density at radius 1 is 1.40 bits per heavy atom. The van der Waals surface area contributed by atoms with E-state index >= 15 is 0 Å². The van der Waals surface area contributed by atoms with Gasteiger partial charge in [-0.15, -0.1) is 6.58 Å². The van der Waals surface area contributed by atoms with Crippen LogP contribution < -0.4 is 5.32 Å². The van der Waals surface area contributed by atoms with Crippen LogP contribution in [0, 0.1) is 0 Å². The van der Waals surface area contributed by atoms with Gasteiger partial charge >= 0.3 is 0 Å². The molecule has 1 aliphatic heterocycles. The standard InChI is InChI=1S/C13H17NO/c1-2-13(11-14-8-9-15-13)10-12-6-4-3-5-7-12/h2-7,14H,1,8-11H2. The first-order chi connectivity index (χ1) is 7.35. The molecule has 1 saturated heterocycles. The molecule has 1 aromatic carbocycles. The number of ether oxygens (including phenoxy) is 1. The zero-order valence-corrected chi connectivity index (χ0v) is 8.91. The third kappa shape index (κ3) is 2.46. The van der Waals surface area contributed by atoms with Gasteiger partial charge in [-0.2, -0.15) is 0 Å². The summed E-state index contributed by atoms with van der Waals surface area (Å²) in [7, 11) is 0. The van der Waals surface area contributed by atoms with Crippen LogP contribution in [0.25, 0.3) is 0 Å². The average molecular weight is 203 g/mol. The molecule has 2 nitrogen and oxygen atoms in total. The first kappa shape index (κ1) is 10.4. The highest BCUT2D eigenvalue weighted by molar-refractivity contribution is 5.20. The molecule has 0 aliphatic carbocycles. The lowest BCUT2D eigenvalue weighted by Gasteiger charge is -2.35. The molecule has 1 aromatic rings. The Labute approximate surface area is 91.0 Å². The number of rotatable bonds is 3. The van der Waals surface area contributed by atoms with E-state index < -0.39 is 0 Å². The second-order valence-electron chi connectivity index (χ2n) is 3.96. The van der Waals surface area contributed by atoms with Gasteiger partial charge in [0.25, 0.3) is 0 Å². The summed E-state index contributed by atoms with van der Waals surface area (Å²) >= 11 is 0. The summed E-state index contributed by atoms with van der Waals surface area (Å²) in [6, 6.07) is 10.4. The first-order valence-corrected chi connectivity index (χ1v) is 5.37. The van der Waals surface area contributed by atoms with Crippen molar-refractivity contribution >= 4 is 0 Å². The maximum absolute atomic E-state index is 5.84. The summed E-state index contributed by atoms with van der Waals surface area (Å²) < 4.78 is 5.84. The van der Waals surface area contributed by atoms with E-state index in [0.29, 0.717) is 0 Å². The highest BCUT2D eigenvalue weighted by atomic mass is 16.5. The van der Waals surface area contributed by atoms with E-state index in [2.05, 4.69) is 36.2 Å². The van der Waals surface area contributed by atoms with Crippen LogP contribution in [0.4, 0.5) is 0 Å². The van der Waals surface area contributed by atoms with E-state index in [1.165, 1.54) is 5.56 Å². The number of benzene rings is 1. The summed E-state index contributed by atoms with van der Waals surface area (Å²) in [5, 5.41) is 3.35. The predicted octanol–water partition coefficient (Wildman–Crippen LogP) is 1.77. The highest BCUT2D eigenvalue weighted by Gasteiger charge is 2.29. The fraction of sp³-hybridized carbons (Fsp3) is 0.385. The highest BCUT2D eigenvalue weighted by Crippen LogP contribution is 2.20. The normalized spacial score (nSPS) is 26.1. The molecule has 0 amide bonds. The number of morpholine rings is 1. The summed E-state index contributed by atoms with van der Waals surface area (Å²) in [5.74, 6) is 0. The Balaban J connectivity index is 2.10. The van der Waals surface area contributed by atoms with Crippen molar-refractivity contribution < 1.29 is 4.74 Å². The third-order valence-electron chi connectivity index (χ3n) is 2.81. The van der Waals surface area contributed by atoms with Gasteiger partial charge in [0.1, 0.15) is 5.60 Å². The molecule has 80 valence electrons. The van der Waals surface area contributed by atoms with Crippen molar-refractivity contribution in [2.24, 2.45) is 0 Å². The van der Waals surface area contributed by atoms with Crippen molar-refractivity contribution in [1.29, 1.82) is 0 Å². The maximum atomic E-state index is 5.84. The van der Waals surface area contributed by atoms with Crippen LogP contribution in [-0.4, -0.2) is 25.3 Å². The second-order valence-corrected chi connectivity index (χ2v) is 3.96. The molecule has 1 aliphatic rings. The van der Waals surface area contributed by atoms with Crippen molar-refractivity contribution in [3.63, 3.8) is 0 Å². The number of hydrogen-bond acceptors (Lipinski definition) is 2. The fourth-order valence-corrected chi connectivity index (χ4v) is 1.94. The van der Waals surface area contributed by atoms with Gasteiger partial charge in [-0.3, -0.25) is 0 Å². The molecule has 2 heteroatoms. The van der Waals surface area contributed by atoms with Gasteiger partial charge in [0, 0.05) is 19.5 Å². The van der Waals surface area contributed by atoms with E-state index in [9.17, 15) is 0 Å². The zero-order valence-electron chi connectivity index (χ0n) is 8.91. The van der Waals surface area contributed by atoms with Crippen LogP contribution in [0.2, 0.25) is 0 Å². The summed E-state index contributed by atoms with van der Waals surface area (Å²) in [5.41, 5.74) is 1.07. The van der Waals surface area contributed by atoms with Crippen molar-refractivity contribution in [3.8, 4) is 0 Å². The van der Waals surface area contributed by atoms with Gasteiger partial charge in [0.05, 0.1) is 6.61 Å². The van der Waals surface area contributed by atoms with E-state index in [1.807, 2.05) is 12.1 Å². The Morgan fingerprint density at radius 2 is 2.20 bits per heavy atom. The molecule has 1 fully saturated rings. The Hall–Kier alpha value is -1.12. The SMILES string of the molecule is C=CC1(Cc2ccccc2)CNCCO1. The second kappa shape index (κ2) is 4.60. The van der Waals surface area contributed by atoms with Crippen molar-refractivity contribution in [2.75, 3.05) is 19.7 Å². The molecule has 1 atom stereocenters. The van der Waals surface area contributed by atoms with Crippen molar-refractivity contribution in [3.05, 3.63) is 48.6 Å². The molecular weight excluding hydrogens is 186 g/mol. The van der Waals surface area contributed by atoms with Crippen LogP contribution in [0.15, 0.2) is 43.0 Å². The number of nitrogens with one attached hydrogen (secondary N) is 1. The maximum Gasteiger partial charge on any atom is 0.102 e. The van der Waals surface area contributed by atoms with E-state index in [1.54, 1.807) is 0 Å². The minimum Gasteiger partial charge on any atom is -0.368 e. The number of hydrogen-bond donors (Lipinski definition) is 1. The Bertz CT molecular complexity index is 315. The van der Waals surface area contributed by atoms with Crippen LogP contribution in [0.1, 0.15) is 5.56 Å². The quantitative estimate of drug-likeness (QED) is 0.756. The lowest BCUT2D eigenvalue weighted by Crippen LogP contribution is -2.49. The van der Waals surface area contributed by atoms with Gasteiger partial charge in [-0.25, -0.2) is 0 Å². The molecule has 0 radical (unpaired) electrons. The van der Waals surface area contributed by atoms with Crippen LogP contribution in [0.5, 0.6) is 0 Å². The molecule has 15 heavy (non-hydrogen) atoms. The van der Waals surface area contributed by atoms with Gasteiger partial charge in [0.15, 0.2) is 0 Å². The minimum atomic E-state index is -0.223. The lowest BCUT2D eigenvalue weighted by atomic mass is 9.93. The zero-order chi connectivity index (χ0) is 10.6. The largest absolute Gasteiger partial charge is 0.368 e. The molecule has 1 N–H and O–H groups in total. The summed E-state index contributed by atoms with van der Waals surface area (Å²) in [6.07, 6.45) is 2.82. The minimum absolute atomic E-state index is 0.223. The van der Waals surface area contributed by atoms with Crippen LogP contribution >= 0.6 is 0 Å². The smallest absolute Gasteiger partial charge is 0.102 e. The lowest BCUT2D eigenvalue weighted by molar-refractivity contribution is -0.0296. The van der Waals surface area contributed by atoms with Gasteiger partial charge in [-0.1, -0.05) is 36.4 Å². The summed E-state index contributed by atoms with van der Waals surface area (Å²) in [6.45, 7) is 6.44. The molecule has 1 heterocycles. The summed E-state index contributed by atoms with van der Waals surface area (Å²) in [4.78, 5) is 0. The molecule has 1 unspecified atom stereocenters. The van der Waals surface area contributed by atoms with Crippen molar-refractivity contribution in [2.45, 2.75) is 12.0 Å². The first-order valence-electron chi connectivity index (χ1n) is 5.37. The van der Waals surface area contributed by atoms with Crippen LogP contribution in [0.3, 0.4) is 0 Å². The molecule has 0 spiro atoms. The van der Waals surface area contributed by atoms with Gasteiger partial charge < -0.3 is 10.1 Å². The topological polar surface area (TPSA) is 21.3 Å². The molecule has 0 bridgehead atoms. The molecule has 2 rings (SSSR count). The monoisotopic (exact) mass is 203 g/mol. The average Bonchev–Trinajstić information content (AvgIpc) is 2.32. The Kier molecular flexibility index (Phi) is 3.19. The van der Waals surface area contributed by atoms with Gasteiger partial charge in [0.2, 0.25) is 0 Å². The van der Waals surface area contributed by atoms with E-state index in [0.717, 1.165) is 26.1 Å². The fourth-order valence-electron chi connectivity index (χ4n) is 1.94. The van der Waals surface area contributed by atoms with Crippen molar-refractivity contribution in [1.82, 2.24) is 5.32 Å². The third-order valence-corrected chi connectivity index (χ3v) is 2.81. The van der Waals surface area contributed by atoms with Gasteiger partial charge in [-0.05, 0) is 5.56 Å². The molecule has 0 aromatic heterocycles. The molecular formula is C13H17NO. The Morgan fingerprint density at radius 3 is 2.80 bits per heavy atom.